The van der Waals surface area contributed by atoms with Gasteiger partial charge in [-0.2, -0.15) is 4.73 Å². The van der Waals surface area contributed by atoms with E-state index >= 15 is 0 Å². The minimum absolute atomic E-state index is 0.0407. The normalized spacial score (nSPS) is 23.7. The van der Waals surface area contributed by atoms with Crippen molar-refractivity contribution in [3.63, 3.8) is 0 Å². The third kappa shape index (κ3) is 3.39. The summed E-state index contributed by atoms with van der Waals surface area (Å²) in [6.45, 7) is -0.509. The van der Waals surface area contributed by atoms with Gasteiger partial charge < -0.3 is 24.9 Å². The number of hydrogen-bond donors (Lipinski definition) is 4. The number of aliphatic hydroxyl groups excluding tert-OH is 3. The SMILES string of the molecule is N=c1c2ncn([C@@H]3O[C@H](CO)[C@@H](O)[C@H]3O)c2ncn1OCc1cccc([N+](=O)[O-])c1. The number of nitro groups is 1. The van der Waals surface area contributed by atoms with Crippen LogP contribution >= 0.6 is 0 Å². The number of rotatable bonds is 6. The minimum atomic E-state index is -1.31. The predicted octanol–water partition coefficient (Wildman–Crippen LogP) is -1.14. The number of non-ortho nitro benzene ring substituents is 1. The Morgan fingerprint density at radius 1 is 1.27 bits per heavy atom. The van der Waals surface area contributed by atoms with E-state index in [1.54, 1.807) is 6.07 Å². The van der Waals surface area contributed by atoms with Crippen molar-refractivity contribution < 1.29 is 29.8 Å². The van der Waals surface area contributed by atoms with Gasteiger partial charge in [-0.3, -0.25) is 20.1 Å². The van der Waals surface area contributed by atoms with Gasteiger partial charge in [-0.05, 0) is 5.56 Å². The lowest BCUT2D eigenvalue weighted by atomic mass is 10.1. The zero-order valence-corrected chi connectivity index (χ0v) is 15.4. The molecule has 3 heterocycles. The van der Waals surface area contributed by atoms with Crippen molar-refractivity contribution in [2.45, 2.75) is 31.1 Å². The van der Waals surface area contributed by atoms with E-state index in [4.69, 9.17) is 15.0 Å². The summed E-state index contributed by atoms with van der Waals surface area (Å²) >= 11 is 0. The van der Waals surface area contributed by atoms with Gasteiger partial charge in [0.1, 0.15) is 31.2 Å². The monoisotopic (exact) mass is 418 g/mol. The Morgan fingerprint density at radius 2 is 2.07 bits per heavy atom. The molecule has 1 aliphatic heterocycles. The summed E-state index contributed by atoms with van der Waals surface area (Å²) in [6, 6.07) is 5.92. The molecule has 4 atom stereocenters. The first-order chi connectivity index (χ1) is 14.4. The lowest BCUT2D eigenvalue weighted by molar-refractivity contribution is -0.384. The number of aromatic nitrogens is 4. The average Bonchev–Trinajstić information content (AvgIpc) is 3.29. The van der Waals surface area contributed by atoms with Crippen molar-refractivity contribution in [2.24, 2.45) is 0 Å². The van der Waals surface area contributed by atoms with Crippen LogP contribution in [0.25, 0.3) is 11.2 Å². The molecule has 2 aromatic heterocycles. The van der Waals surface area contributed by atoms with Crippen LogP contribution in [0, 0.1) is 15.5 Å². The second-order valence-corrected chi connectivity index (χ2v) is 6.67. The molecule has 0 saturated carbocycles. The van der Waals surface area contributed by atoms with Crippen molar-refractivity contribution in [1.29, 1.82) is 5.41 Å². The van der Waals surface area contributed by atoms with E-state index in [2.05, 4.69) is 9.97 Å². The maximum atomic E-state index is 10.9. The summed E-state index contributed by atoms with van der Waals surface area (Å²) in [6.07, 6.45) is -2.05. The third-order valence-corrected chi connectivity index (χ3v) is 4.78. The number of nitro benzene ring substituents is 1. The number of benzene rings is 1. The fourth-order valence-electron chi connectivity index (χ4n) is 3.22. The first-order valence-corrected chi connectivity index (χ1v) is 8.88. The van der Waals surface area contributed by atoms with E-state index in [9.17, 15) is 25.4 Å². The van der Waals surface area contributed by atoms with Crippen LogP contribution in [0.4, 0.5) is 5.69 Å². The van der Waals surface area contributed by atoms with Crippen LogP contribution in [0.15, 0.2) is 36.9 Å². The molecule has 13 heteroatoms. The van der Waals surface area contributed by atoms with Gasteiger partial charge in [-0.1, -0.05) is 12.1 Å². The molecular weight excluding hydrogens is 400 g/mol. The Kier molecular flexibility index (Phi) is 5.17. The fraction of sp³-hybridized carbons (Fsp3) is 0.353. The van der Waals surface area contributed by atoms with Gasteiger partial charge in [-0.15, -0.1) is 0 Å². The number of hydrogen-bond acceptors (Lipinski definition) is 10. The van der Waals surface area contributed by atoms with Crippen LogP contribution in [0.5, 0.6) is 0 Å². The standard InChI is InChI=1S/C17H18N6O7/c18-15-12-16(21(7-19-12)17-14(26)13(25)11(5-24)30-17)20-8-22(15)29-6-9-2-1-3-10(4-9)23(27)28/h1-4,7-8,11,13-14,17-18,24-26H,5-6H2/t11-,13-,14-,17-/m1/s1. The summed E-state index contributed by atoms with van der Waals surface area (Å²) in [5, 5.41) is 48.5. The van der Waals surface area contributed by atoms with E-state index in [0.29, 0.717) is 5.56 Å². The molecule has 0 aliphatic carbocycles. The molecule has 0 spiro atoms. The molecule has 1 fully saturated rings. The van der Waals surface area contributed by atoms with Gasteiger partial charge in [0.15, 0.2) is 22.9 Å². The highest BCUT2D eigenvalue weighted by atomic mass is 16.7. The second-order valence-electron chi connectivity index (χ2n) is 6.67. The highest BCUT2D eigenvalue weighted by Crippen LogP contribution is 2.30. The molecule has 13 nitrogen and oxygen atoms in total. The molecule has 1 saturated heterocycles. The van der Waals surface area contributed by atoms with Gasteiger partial charge >= 0.3 is 0 Å². The van der Waals surface area contributed by atoms with Crippen LogP contribution in [-0.4, -0.2) is 64.4 Å². The molecule has 158 valence electrons. The number of nitrogens with one attached hydrogen (secondary N) is 1. The minimum Gasteiger partial charge on any atom is -0.406 e. The van der Waals surface area contributed by atoms with Gasteiger partial charge in [0.2, 0.25) is 0 Å². The maximum Gasteiger partial charge on any atom is 0.269 e. The van der Waals surface area contributed by atoms with Crippen LogP contribution < -0.4 is 10.3 Å². The van der Waals surface area contributed by atoms with Crippen molar-refractivity contribution in [2.75, 3.05) is 6.61 Å². The summed E-state index contributed by atoms with van der Waals surface area (Å²) in [4.78, 5) is 24.2. The van der Waals surface area contributed by atoms with Crippen molar-refractivity contribution >= 4 is 16.9 Å². The van der Waals surface area contributed by atoms with E-state index in [-0.39, 0.29) is 28.9 Å². The van der Waals surface area contributed by atoms with Gasteiger partial charge in [0.05, 0.1) is 17.9 Å². The Morgan fingerprint density at radius 3 is 2.77 bits per heavy atom. The van der Waals surface area contributed by atoms with Crippen LogP contribution in [0.2, 0.25) is 0 Å². The topological polar surface area (TPSA) is 182 Å². The third-order valence-electron chi connectivity index (χ3n) is 4.78. The highest BCUT2D eigenvalue weighted by Gasteiger charge is 2.44. The van der Waals surface area contributed by atoms with E-state index in [1.807, 2.05) is 0 Å². The summed E-state index contributed by atoms with van der Waals surface area (Å²) < 4.78 is 7.90. The van der Waals surface area contributed by atoms with Crippen LogP contribution in [0.1, 0.15) is 11.8 Å². The molecule has 0 amide bonds. The number of imidazole rings is 1. The van der Waals surface area contributed by atoms with E-state index in [0.717, 1.165) is 4.73 Å². The largest absolute Gasteiger partial charge is 0.406 e. The first kappa shape index (κ1) is 19.9. The van der Waals surface area contributed by atoms with E-state index < -0.39 is 36.1 Å². The molecule has 4 rings (SSSR count). The van der Waals surface area contributed by atoms with Crippen molar-refractivity contribution in [3.8, 4) is 0 Å². The van der Waals surface area contributed by atoms with Crippen molar-refractivity contribution in [3.05, 3.63) is 58.1 Å². The first-order valence-electron chi connectivity index (χ1n) is 8.88. The molecule has 0 unspecified atom stereocenters. The number of ether oxygens (including phenoxy) is 1. The summed E-state index contributed by atoms with van der Waals surface area (Å²) in [7, 11) is 0. The lowest BCUT2D eigenvalue weighted by Crippen LogP contribution is -2.33. The molecule has 3 aromatic rings. The highest BCUT2D eigenvalue weighted by molar-refractivity contribution is 5.68. The summed E-state index contributed by atoms with van der Waals surface area (Å²) in [5.74, 6) is 0. The predicted molar refractivity (Wildman–Crippen MR) is 97.8 cm³/mol. The smallest absolute Gasteiger partial charge is 0.269 e. The lowest BCUT2D eigenvalue weighted by Gasteiger charge is -2.16. The second kappa shape index (κ2) is 7.79. The molecule has 4 N–H and O–H groups in total. The number of aliphatic hydroxyl groups is 3. The van der Waals surface area contributed by atoms with E-state index in [1.165, 1.54) is 35.4 Å². The van der Waals surface area contributed by atoms with Gasteiger partial charge in [-0.25, -0.2) is 9.97 Å². The number of nitrogens with zero attached hydrogens (tertiary/aromatic N) is 5. The Bertz CT molecular complexity index is 1150. The van der Waals surface area contributed by atoms with Crippen LogP contribution in [-0.2, 0) is 11.3 Å². The Hall–Kier alpha value is -3.39. The Labute approximate surface area is 168 Å². The van der Waals surface area contributed by atoms with Crippen molar-refractivity contribution in [1.82, 2.24) is 19.3 Å². The quantitative estimate of drug-likeness (QED) is 0.284. The molecule has 1 aliphatic rings. The molecule has 0 bridgehead atoms. The van der Waals surface area contributed by atoms with Gasteiger partial charge in [0, 0.05) is 12.1 Å². The number of fused-ring (bicyclic) bond motifs is 1. The average molecular weight is 418 g/mol. The zero-order chi connectivity index (χ0) is 21.4. The Balaban J connectivity index is 1.58. The summed E-state index contributed by atoms with van der Waals surface area (Å²) in [5.41, 5.74) is 0.682. The van der Waals surface area contributed by atoms with Gasteiger partial charge in [0.25, 0.3) is 5.69 Å². The maximum absolute atomic E-state index is 10.9. The fourth-order valence-corrected chi connectivity index (χ4v) is 3.22. The molecule has 30 heavy (non-hydrogen) atoms. The molecule has 1 aromatic carbocycles. The van der Waals surface area contributed by atoms with Crippen LogP contribution in [0.3, 0.4) is 0 Å². The molecule has 0 radical (unpaired) electrons. The molecular formula is C17H18N6O7. The zero-order valence-electron chi connectivity index (χ0n) is 15.4.